The van der Waals surface area contributed by atoms with Crippen LogP contribution in [0, 0.1) is 13.8 Å². The molecule has 0 unspecified atom stereocenters. The lowest BCUT2D eigenvalue weighted by atomic mass is 10.1. The van der Waals surface area contributed by atoms with Gasteiger partial charge < -0.3 is 19.5 Å². The van der Waals surface area contributed by atoms with Gasteiger partial charge in [-0.05, 0) is 43.2 Å². The summed E-state index contributed by atoms with van der Waals surface area (Å²) in [6, 6.07) is 11.3. The summed E-state index contributed by atoms with van der Waals surface area (Å²) in [5.41, 5.74) is 1.89. The molecule has 2 aromatic rings. The molecular formula is C19H19F2NO5. The van der Waals surface area contributed by atoms with Crippen molar-refractivity contribution >= 4 is 17.6 Å². The van der Waals surface area contributed by atoms with Crippen molar-refractivity contribution < 1.29 is 32.6 Å². The first-order valence-corrected chi connectivity index (χ1v) is 8.04. The van der Waals surface area contributed by atoms with Crippen LogP contribution in [0.15, 0.2) is 42.5 Å². The van der Waals surface area contributed by atoms with Crippen molar-refractivity contribution in [2.45, 2.75) is 20.5 Å². The zero-order chi connectivity index (χ0) is 19.8. The van der Waals surface area contributed by atoms with Gasteiger partial charge in [0.15, 0.2) is 13.2 Å². The Morgan fingerprint density at radius 3 is 2.52 bits per heavy atom. The van der Waals surface area contributed by atoms with Crippen molar-refractivity contribution in [1.82, 2.24) is 0 Å². The number of carbonyl (C=O) groups excluding carboxylic acids is 2. The molecule has 0 bridgehead atoms. The summed E-state index contributed by atoms with van der Waals surface area (Å²) in [5, 5.41) is 2.35. The molecule has 2 rings (SSSR count). The SMILES string of the molecule is Cc1ccc(C)c(OCC(=O)OCC(=O)Nc2ccccc2OC(F)F)c1. The van der Waals surface area contributed by atoms with Crippen LogP contribution in [-0.2, 0) is 14.3 Å². The zero-order valence-corrected chi connectivity index (χ0v) is 14.8. The number of carbonyl (C=O) groups is 2. The topological polar surface area (TPSA) is 73.9 Å². The van der Waals surface area contributed by atoms with Gasteiger partial charge in [-0.1, -0.05) is 24.3 Å². The highest BCUT2D eigenvalue weighted by Crippen LogP contribution is 2.25. The average molecular weight is 379 g/mol. The molecule has 0 aliphatic carbocycles. The van der Waals surface area contributed by atoms with Gasteiger partial charge in [-0.3, -0.25) is 4.79 Å². The summed E-state index contributed by atoms with van der Waals surface area (Å²) in [6.45, 7) is -0.236. The van der Waals surface area contributed by atoms with Gasteiger partial charge in [0.05, 0.1) is 5.69 Å². The van der Waals surface area contributed by atoms with Crippen LogP contribution < -0.4 is 14.8 Å². The lowest BCUT2D eigenvalue weighted by molar-refractivity contribution is -0.149. The van der Waals surface area contributed by atoms with E-state index in [-0.39, 0.29) is 18.0 Å². The van der Waals surface area contributed by atoms with Crippen molar-refractivity contribution in [1.29, 1.82) is 0 Å². The standard InChI is InChI=1S/C19H19F2NO5/c1-12-7-8-13(2)16(9-12)25-11-18(24)26-10-17(23)22-14-5-3-4-6-15(14)27-19(20)21/h3-9,19H,10-11H2,1-2H3,(H,22,23). The number of hydrogen-bond donors (Lipinski definition) is 1. The highest BCUT2D eigenvalue weighted by Gasteiger charge is 2.13. The third kappa shape index (κ3) is 6.58. The van der Waals surface area contributed by atoms with Gasteiger partial charge in [0, 0.05) is 0 Å². The van der Waals surface area contributed by atoms with E-state index in [2.05, 4.69) is 10.1 Å². The first-order chi connectivity index (χ1) is 12.8. The predicted octanol–water partition coefficient (Wildman–Crippen LogP) is 3.47. The molecule has 1 N–H and O–H groups in total. The third-order valence-electron chi connectivity index (χ3n) is 3.43. The zero-order valence-electron chi connectivity index (χ0n) is 14.8. The largest absolute Gasteiger partial charge is 0.482 e. The molecule has 0 saturated heterocycles. The van der Waals surface area contributed by atoms with Crippen LogP contribution in [0.4, 0.5) is 14.5 Å². The first kappa shape index (κ1) is 20.2. The van der Waals surface area contributed by atoms with Crippen LogP contribution in [0.2, 0.25) is 0 Å². The van der Waals surface area contributed by atoms with Crippen LogP contribution in [0.1, 0.15) is 11.1 Å². The molecule has 6 nitrogen and oxygen atoms in total. The van der Waals surface area contributed by atoms with Gasteiger partial charge in [-0.2, -0.15) is 8.78 Å². The van der Waals surface area contributed by atoms with E-state index in [1.165, 1.54) is 24.3 Å². The molecule has 0 fully saturated rings. The monoisotopic (exact) mass is 379 g/mol. The van der Waals surface area contributed by atoms with Crippen molar-refractivity contribution in [2.24, 2.45) is 0 Å². The summed E-state index contributed by atoms with van der Waals surface area (Å²) in [7, 11) is 0. The van der Waals surface area contributed by atoms with E-state index in [9.17, 15) is 18.4 Å². The Hall–Kier alpha value is -3.16. The van der Waals surface area contributed by atoms with E-state index in [0.29, 0.717) is 5.75 Å². The fraction of sp³-hybridized carbons (Fsp3) is 0.263. The molecular weight excluding hydrogens is 360 g/mol. The normalized spacial score (nSPS) is 10.4. The lowest BCUT2D eigenvalue weighted by Gasteiger charge is -2.12. The Morgan fingerprint density at radius 2 is 1.78 bits per heavy atom. The van der Waals surface area contributed by atoms with E-state index >= 15 is 0 Å². The van der Waals surface area contributed by atoms with Crippen LogP contribution in [0.25, 0.3) is 0 Å². The maximum Gasteiger partial charge on any atom is 0.387 e. The molecule has 0 radical (unpaired) electrons. The molecule has 0 aromatic heterocycles. The van der Waals surface area contributed by atoms with Crippen molar-refractivity contribution in [3.05, 3.63) is 53.6 Å². The predicted molar refractivity (Wildman–Crippen MR) is 94.1 cm³/mol. The highest BCUT2D eigenvalue weighted by molar-refractivity contribution is 5.94. The number of alkyl halides is 2. The number of hydrogen-bond acceptors (Lipinski definition) is 5. The van der Waals surface area contributed by atoms with Crippen LogP contribution in [0.5, 0.6) is 11.5 Å². The molecule has 144 valence electrons. The van der Waals surface area contributed by atoms with E-state index in [1.54, 1.807) is 6.07 Å². The second-order valence-corrected chi connectivity index (χ2v) is 5.64. The second kappa shape index (κ2) is 9.51. The average Bonchev–Trinajstić information content (AvgIpc) is 2.62. The Labute approximate surface area is 155 Å². The summed E-state index contributed by atoms with van der Waals surface area (Å²) < 4.78 is 39.2. The quantitative estimate of drug-likeness (QED) is 0.711. The smallest absolute Gasteiger partial charge is 0.387 e. The molecule has 2 aromatic carbocycles. The maximum absolute atomic E-state index is 12.4. The second-order valence-electron chi connectivity index (χ2n) is 5.64. The minimum atomic E-state index is -3.02. The Kier molecular flexibility index (Phi) is 7.10. The van der Waals surface area contributed by atoms with E-state index in [0.717, 1.165) is 11.1 Å². The summed E-state index contributed by atoms with van der Waals surface area (Å²) >= 11 is 0. The van der Waals surface area contributed by atoms with Gasteiger partial charge in [-0.15, -0.1) is 0 Å². The fourth-order valence-electron chi connectivity index (χ4n) is 2.14. The number of benzene rings is 2. The number of rotatable bonds is 8. The number of esters is 1. The summed E-state index contributed by atoms with van der Waals surface area (Å²) in [4.78, 5) is 23.6. The molecule has 0 atom stereocenters. The van der Waals surface area contributed by atoms with Crippen molar-refractivity contribution in [3.63, 3.8) is 0 Å². The minimum Gasteiger partial charge on any atom is -0.482 e. The Balaban J connectivity index is 1.82. The van der Waals surface area contributed by atoms with Gasteiger partial charge in [0.25, 0.3) is 5.91 Å². The summed E-state index contributed by atoms with van der Waals surface area (Å²) in [6.07, 6.45) is 0. The fourth-order valence-corrected chi connectivity index (χ4v) is 2.14. The number of nitrogens with one attached hydrogen (secondary N) is 1. The highest BCUT2D eigenvalue weighted by atomic mass is 19.3. The maximum atomic E-state index is 12.4. The molecule has 0 heterocycles. The Morgan fingerprint density at radius 1 is 1.04 bits per heavy atom. The Bertz CT molecular complexity index is 810. The molecule has 0 aliphatic heterocycles. The summed E-state index contributed by atoms with van der Waals surface area (Å²) in [5.74, 6) is -1.07. The molecule has 0 saturated carbocycles. The molecule has 0 spiro atoms. The van der Waals surface area contributed by atoms with Gasteiger partial charge in [0.2, 0.25) is 0 Å². The van der Waals surface area contributed by atoms with Crippen molar-refractivity contribution in [2.75, 3.05) is 18.5 Å². The molecule has 1 amide bonds. The number of amides is 1. The number of anilines is 1. The van der Waals surface area contributed by atoms with E-state index < -0.39 is 25.1 Å². The number of halogens is 2. The minimum absolute atomic E-state index is 0.0467. The number of aryl methyl sites for hydroxylation is 2. The lowest BCUT2D eigenvalue weighted by Crippen LogP contribution is -2.24. The third-order valence-corrected chi connectivity index (χ3v) is 3.43. The van der Waals surface area contributed by atoms with Crippen LogP contribution >= 0.6 is 0 Å². The van der Waals surface area contributed by atoms with E-state index in [1.807, 2.05) is 26.0 Å². The van der Waals surface area contributed by atoms with Crippen molar-refractivity contribution in [3.8, 4) is 11.5 Å². The molecule has 27 heavy (non-hydrogen) atoms. The van der Waals surface area contributed by atoms with E-state index in [4.69, 9.17) is 9.47 Å². The first-order valence-electron chi connectivity index (χ1n) is 8.04. The van der Waals surface area contributed by atoms with Crippen LogP contribution in [-0.4, -0.2) is 31.7 Å². The van der Waals surface area contributed by atoms with Crippen LogP contribution in [0.3, 0.4) is 0 Å². The number of ether oxygens (including phenoxy) is 3. The van der Waals surface area contributed by atoms with Gasteiger partial charge in [0.1, 0.15) is 11.5 Å². The molecule has 0 aliphatic rings. The van der Waals surface area contributed by atoms with Gasteiger partial charge in [-0.25, -0.2) is 4.79 Å². The number of para-hydroxylation sites is 2. The molecule has 8 heteroatoms. The van der Waals surface area contributed by atoms with Gasteiger partial charge >= 0.3 is 12.6 Å².